The van der Waals surface area contributed by atoms with Crippen LogP contribution in [-0.4, -0.2) is 0 Å². The van der Waals surface area contributed by atoms with E-state index in [1.165, 1.54) is 32.1 Å². The zero-order valence-corrected chi connectivity index (χ0v) is 7.84. The van der Waals surface area contributed by atoms with Crippen LogP contribution in [0.4, 0.5) is 0 Å². The molecule has 0 saturated heterocycles. The molecular weight excluding hydrogens is 132 g/mol. The van der Waals surface area contributed by atoms with Crippen molar-refractivity contribution in [3.8, 4) is 0 Å². The number of hydrogen-bond acceptors (Lipinski definition) is 0. The molecule has 2 aliphatic rings. The van der Waals surface area contributed by atoms with Gasteiger partial charge in [-0.2, -0.15) is 0 Å². The second kappa shape index (κ2) is 2.80. The van der Waals surface area contributed by atoms with Gasteiger partial charge in [-0.25, -0.2) is 0 Å². The van der Waals surface area contributed by atoms with Crippen LogP contribution in [0.1, 0.15) is 46.0 Å². The van der Waals surface area contributed by atoms with E-state index in [0.29, 0.717) is 0 Å². The molecule has 0 aromatic carbocycles. The van der Waals surface area contributed by atoms with Gasteiger partial charge in [-0.15, -0.1) is 0 Å². The Bertz CT molecular complexity index is 133. The Hall–Kier alpha value is 0. The Morgan fingerprint density at radius 2 is 1.91 bits per heavy atom. The lowest BCUT2D eigenvalue weighted by Crippen LogP contribution is -2.31. The largest absolute Gasteiger partial charge is 0.0651 e. The molecule has 0 heterocycles. The third-order valence-corrected chi connectivity index (χ3v) is 4.04. The van der Waals surface area contributed by atoms with Crippen molar-refractivity contribution in [2.45, 2.75) is 46.0 Å². The van der Waals surface area contributed by atoms with Gasteiger partial charge in [0.2, 0.25) is 0 Å². The zero-order chi connectivity index (χ0) is 7.84. The molecule has 0 amide bonds. The second-order valence-electron chi connectivity index (χ2n) is 4.61. The van der Waals surface area contributed by atoms with Crippen molar-refractivity contribution in [1.29, 1.82) is 0 Å². The molecule has 2 saturated carbocycles. The second-order valence-corrected chi connectivity index (χ2v) is 4.61. The molecular formula is C11H20. The van der Waals surface area contributed by atoms with Crippen molar-refractivity contribution in [3.05, 3.63) is 0 Å². The minimum atomic E-state index is 1.06. The Balaban J connectivity index is 1.83. The minimum Gasteiger partial charge on any atom is -0.0651 e. The minimum absolute atomic E-state index is 1.06. The molecule has 0 spiro atoms. The van der Waals surface area contributed by atoms with Crippen LogP contribution in [0.25, 0.3) is 0 Å². The summed E-state index contributed by atoms with van der Waals surface area (Å²) < 4.78 is 0. The third-order valence-electron chi connectivity index (χ3n) is 4.04. The average Bonchev–Trinajstić information content (AvgIpc) is 2.66. The molecule has 0 radical (unpaired) electrons. The highest BCUT2D eigenvalue weighted by Crippen LogP contribution is 2.50. The van der Waals surface area contributed by atoms with Crippen molar-refractivity contribution >= 4 is 0 Å². The predicted octanol–water partition coefficient (Wildman–Crippen LogP) is 3.47. The maximum Gasteiger partial charge on any atom is -0.0357 e. The summed E-state index contributed by atoms with van der Waals surface area (Å²) in [4.78, 5) is 0. The fourth-order valence-electron chi connectivity index (χ4n) is 2.77. The lowest BCUT2D eigenvalue weighted by Gasteiger charge is -2.40. The van der Waals surface area contributed by atoms with Gasteiger partial charge in [0, 0.05) is 0 Å². The van der Waals surface area contributed by atoms with E-state index in [-0.39, 0.29) is 0 Å². The molecule has 0 N–H and O–H groups in total. The SMILES string of the molecule is CCC1CCC1C(C)C1CC1. The van der Waals surface area contributed by atoms with E-state index in [0.717, 1.165) is 23.7 Å². The van der Waals surface area contributed by atoms with Gasteiger partial charge >= 0.3 is 0 Å². The highest BCUT2D eigenvalue weighted by atomic mass is 14.5. The van der Waals surface area contributed by atoms with Crippen molar-refractivity contribution in [2.75, 3.05) is 0 Å². The van der Waals surface area contributed by atoms with Gasteiger partial charge in [-0.1, -0.05) is 20.3 Å². The van der Waals surface area contributed by atoms with Crippen LogP contribution < -0.4 is 0 Å². The van der Waals surface area contributed by atoms with Crippen molar-refractivity contribution in [1.82, 2.24) is 0 Å². The molecule has 0 heteroatoms. The van der Waals surface area contributed by atoms with Gasteiger partial charge in [-0.05, 0) is 49.4 Å². The van der Waals surface area contributed by atoms with E-state index in [1.54, 1.807) is 0 Å². The van der Waals surface area contributed by atoms with E-state index >= 15 is 0 Å². The van der Waals surface area contributed by atoms with Gasteiger partial charge in [0.05, 0.1) is 0 Å². The molecule has 0 nitrogen and oxygen atoms in total. The quantitative estimate of drug-likeness (QED) is 0.581. The normalized spacial score (nSPS) is 39.8. The van der Waals surface area contributed by atoms with Gasteiger partial charge in [0.1, 0.15) is 0 Å². The lowest BCUT2D eigenvalue weighted by atomic mass is 9.65. The zero-order valence-electron chi connectivity index (χ0n) is 7.84. The van der Waals surface area contributed by atoms with Gasteiger partial charge in [-0.3, -0.25) is 0 Å². The van der Waals surface area contributed by atoms with E-state index in [2.05, 4.69) is 13.8 Å². The van der Waals surface area contributed by atoms with E-state index < -0.39 is 0 Å². The fourth-order valence-corrected chi connectivity index (χ4v) is 2.77. The predicted molar refractivity (Wildman–Crippen MR) is 48.4 cm³/mol. The summed E-state index contributed by atoms with van der Waals surface area (Å²) in [5, 5.41) is 0. The van der Waals surface area contributed by atoms with Gasteiger partial charge in [0.25, 0.3) is 0 Å². The summed E-state index contributed by atoms with van der Waals surface area (Å²) in [7, 11) is 0. The van der Waals surface area contributed by atoms with E-state index in [9.17, 15) is 0 Å². The van der Waals surface area contributed by atoms with Crippen LogP contribution in [0.3, 0.4) is 0 Å². The first-order valence-corrected chi connectivity index (χ1v) is 5.33. The Kier molecular flexibility index (Phi) is 1.95. The first kappa shape index (κ1) is 7.64. The van der Waals surface area contributed by atoms with Crippen molar-refractivity contribution in [3.63, 3.8) is 0 Å². The molecule has 3 atom stereocenters. The molecule has 11 heavy (non-hydrogen) atoms. The smallest absolute Gasteiger partial charge is 0.0357 e. The maximum atomic E-state index is 2.49. The molecule has 0 bridgehead atoms. The lowest BCUT2D eigenvalue weighted by molar-refractivity contribution is 0.0969. The first-order chi connectivity index (χ1) is 5.33. The molecule has 2 rings (SSSR count). The monoisotopic (exact) mass is 152 g/mol. The topological polar surface area (TPSA) is 0 Å². The van der Waals surface area contributed by atoms with Crippen LogP contribution in [0.15, 0.2) is 0 Å². The number of hydrogen-bond donors (Lipinski definition) is 0. The summed E-state index contributed by atoms with van der Waals surface area (Å²) >= 11 is 0. The third kappa shape index (κ3) is 1.32. The summed E-state index contributed by atoms with van der Waals surface area (Å²) in [6, 6.07) is 0. The molecule has 2 aliphatic carbocycles. The van der Waals surface area contributed by atoms with Crippen LogP contribution in [-0.2, 0) is 0 Å². The molecule has 0 aliphatic heterocycles. The van der Waals surface area contributed by atoms with Crippen molar-refractivity contribution < 1.29 is 0 Å². The Morgan fingerprint density at radius 3 is 2.27 bits per heavy atom. The standard InChI is InChI=1S/C11H20/c1-3-9-6-7-11(9)8(2)10-4-5-10/h8-11H,3-7H2,1-2H3. The molecule has 0 aromatic rings. The fraction of sp³-hybridized carbons (Fsp3) is 1.00. The summed E-state index contributed by atoms with van der Waals surface area (Å²) in [6.07, 6.45) is 7.57. The highest BCUT2D eigenvalue weighted by molar-refractivity contribution is 4.90. The maximum absolute atomic E-state index is 2.49. The van der Waals surface area contributed by atoms with Crippen LogP contribution in [0.2, 0.25) is 0 Å². The van der Waals surface area contributed by atoms with Gasteiger partial charge in [0.15, 0.2) is 0 Å². The Labute approximate surface area is 70.4 Å². The highest BCUT2D eigenvalue weighted by Gasteiger charge is 2.40. The van der Waals surface area contributed by atoms with Crippen LogP contribution in [0, 0.1) is 23.7 Å². The average molecular weight is 152 g/mol. The first-order valence-electron chi connectivity index (χ1n) is 5.33. The van der Waals surface area contributed by atoms with Gasteiger partial charge < -0.3 is 0 Å². The molecule has 0 aromatic heterocycles. The summed E-state index contributed by atoms with van der Waals surface area (Å²) in [5.41, 5.74) is 0. The van der Waals surface area contributed by atoms with E-state index in [1.807, 2.05) is 0 Å². The number of rotatable bonds is 3. The van der Waals surface area contributed by atoms with Crippen LogP contribution in [0.5, 0.6) is 0 Å². The molecule has 3 unspecified atom stereocenters. The van der Waals surface area contributed by atoms with Crippen molar-refractivity contribution in [2.24, 2.45) is 23.7 Å². The molecule has 2 fully saturated rings. The summed E-state index contributed by atoms with van der Waals surface area (Å²) in [6.45, 7) is 4.85. The Morgan fingerprint density at radius 1 is 1.18 bits per heavy atom. The summed E-state index contributed by atoms with van der Waals surface area (Å²) in [5.74, 6) is 4.42. The van der Waals surface area contributed by atoms with E-state index in [4.69, 9.17) is 0 Å². The van der Waals surface area contributed by atoms with Crippen LogP contribution >= 0.6 is 0 Å². The molecule has 64 valence electrons.